The molecule has 1 aliphatic heterocycles. The lowest BCUT2D eigenvalue weighted by Gasteiger charge is -2.15. The quantitative estimate of drug-likeness (QED) is 0.775. The van der Waals surface area contributed by atoms with E-state index in [2.05, 4.69) is 29.9 Å². The van der Waals surface area contributed by atoms with Crippen molar-refractivity contribution in [1.29, 1.82) is 0 Å². The van der Waals surface area contributed by atoms with Crippen LogP contribution in [0.1, 0.15) is 29.9 Å². The van der Waals surface area contributed by atoms with Gasteiger partial charge < -0.3 is 4.90 Å². The van der Waals surface area contributed by atoms with Crippen molar-refractivity contribution < 1.29 is 0 Å². The molecule has 1 fully saturated rings. The average Bonchev–Trinajstić information content (AvgIpc) is 3.23. The third kappa shape index (κ3) is 2.98. The highest BCUT2D eigenvalue weighted by Crippen LogP contribution is 2.22. The molecule has 8 nitrogen and oxygen atoms in total. The molecule has 4 heterocycles. The van der Waals surface area contributed by atoms with E-state index in [0.717, 1.165) is 41.7 Å². The SMILES string of the molecule is Cc1cc(C)nc(-n2[nH]c(-c3cnc(N4CCCC4)nc3C)cc2=O)n1. The number of hydrogen-bond donors (Lipinski definition) is 1. The number of nitrogens with one attached hydrogen (secondary N) is 1. The smallest absolute Gasteiger partial charge is 0.274 e. The summed E-state index contributed by atoms with van der Waals surface area (Å²) in [5, 5.41) is 3.08. The predicted octanol–water partition coefficient (Wildman–Crippen LogP) is 1.94. The largest absolute Gasteiger partial charge is 0.341 e. The van der Waals surface area contributed by atoms with Crippen LogP contribution in [-0.4, -0.2) is 42.8 Å². The summed E-state index contributed by atoms with van der Waals surface area (Å²) in [6.45, 7) is 7.68. The van der Waals surface area contributed by atoms with Crippen LogP contribution in [0.3, 0.4) is 0 Å². The minimum absolute atomic E-state index is 0.215. The molecule has 0 amide bonds. The minimum Gasteiger partial charge on any atom is -0.341 e. The van der Waals surface area contributed by atoms with E-state index < -0.39 is 0 Å². The summed E-state index contributed by atoms with van der Waals surface area (Å²) >= 11 is 0. The molecule has 26 heavy (non-hydrogen) atoms. The molecule has 0 saturated carbocycles. The number of rotatable bonds is 3. The summed E-state index contributed by atoms with van der Waals surface area (Å²) in [7, 11) is 0. The van der Waals surface area contributed by atoms with Crippen molar-refractivity contribution in [2.24, 2.45) is 0 Å². The maximum atomic E-state index is 12.4. The van der Waals surface area contributed by atoms with Gasteiger partial charge in [-0.3, -0.25) is 9.89 Å². The maximum Gasteiger partial charge on any atom is 0.274 e. The van der Waals surface area contributed by atoms with Crippen molar-refractivity contribution in [1.82, 2.24) is 29.7 Å². The van der Waals surface area contributed by atoms with E-state index in [0.29, 0.717) is 11.6 Å². The minimum atomic E-state index is -0.215. The van der Waals surface area contributed by atoms with Crippen LogP contribution in [0.15, 0.2) is 23.1 Å². The Kier molecular flexibility index (Phi) is 4.02. The first-order valence-electron chi connectivity index (χ1n) is 8.75. The van der Waals surface area contributed by atoms with Gasteiger partial charge in [-0.05, 0) is 39.7 Å². The lowest BCUT2D eigenvalue weighted by Crippen LogP contribution is -2.20. The van der Waals surface area contributed by atoms with Crippen LogP contribution in [0.4, 0.5) is 5.95 Å². The Morgan fingerprint density at radius 1 is 0.962 bits per heavy atom. The number of aryl methyl sites for hydroxylation is 3. The first kappa shape index (κ1) is 16.4. The second kappa shape index (κ2) is 6.36. The topological polar surface area (TPSA) is 92.6 Å². The molecule has 3 aromatic rings. The van der Waals surface area contributed by atoms with Gasteiger partial charge in [-0.25, -0.2) is 19.9 Å². The number of aromatic nitrogens is 6. The molecule has 1 saturated heterocycles. The molecule has 8 heteroatoms. The average molecular weight is 351 g/mol. The highest BCUT2D eigenvalue weighted by Gasteiger charge is 2.17. The monoisotopic (exact) mass is 351 g/mol. The second-order valence-corrected chi connectivity index (χ2v) is 6.66. The van der Waals surface area contributed by atoms with Crippen LogP contribution in [0.5, 0.6) is 0 Å². The Labute approximate surface area is 151 Å². The van der Waals surface area contributed by atoms with Gasteiger partial charge >= 0.3 is 0 Å². The molecule has 1 N–H and O–H groups in total. The molecule has 0 radical (unpaired) electrons. The first-order chi connectivity index (χ1) is 12.5. The van der Waals surface area contributed by atoms with Crippen LogP contribution in [0, 0.1) is 20.8 Å². The lowest BCUT2D eigenvalue weighted by molar-refractivity contribution is 0.773. The van der Waals surface area contributed by atoms with Crippen LogP contribution >= 0.6 is 0 Å². The number of H-pyrrole nitrogens is 1. The van der Waals surface area contributed by atoms with E-state index in [4.69, 9.17) is 0 Å². The molecule has 3 aromatic heterocycles. The first-order valence-corrected chi connectivity index (χ1v) is 8.75. The van der Waals surface area contributed by atoms with Crippen LogP contribution < -0.4 is 10.5 Å². The number of anilines is 1. The molecular formula is C18H21N7O. The fourth-order valence-corrected chi connectivity index (χ4v) is 3.28. The molecule has 134 valence electrons. The molecule has 0 unspecified atom stereocenters. The van der Waals surface area contributed by atoms with E-state index >= 15 is 0 Å². The van der Waals surface area contributed by atoms with Crippen LogP contribution in [0.2, 0.25) is 0 Å². The van der Waals surface area contributed by atoms with Crippen molar-refractivity contribution >= 4 is 5.95 Å². The van der Waals surface area contributed by atoms with Crippen LogP contribution in [-0.2, 0) is 0 Å². The van der Waals surface area contributed by atoms with Crippen molar-refractivity contribution in [3.05, 3.63) is 45.8 Å². The predicted molar refractivity (Wildman–Crippen MR) is 98.7 cm³/mol. The Balaban J connectivity index is 1.72. The van der Waals surface area contributed by atoms with Crippen LogP contribution in [0.25, 0.3) is 17.2 Å². The summed E-state index contributed by atoms with van der Waals surface area (Å²) in [5.74, 6) is 1.09. The van der Waals surface area contributed by atoms with Gasteiger partial charge in [-0.1, -0.05) is 0 Å². The van der Waals surface area contributed by atoms with Crippen molar-refractivity contribution in [2.45, 2.75) is 33.6 Å². The molecule has 1 aliphatic rings. The van der Waals surface area contributed by atoms with Gasteiger partial charge in [0.05, 0.1) is 11.4 Å². The summed E-state index contributed by atoms with van der Waals surface area (Å²) in [6, 6.07) is 3.40. The third-order valence-electron chi connectivity index (χ3n) is 4.54. The molecule has 0 atom stereocenters. The zero-order valence-corrected chi connectivity index (χ0v) is 15.2. The van der Waals surface area contributed by atoms with E-state index in [1.54, 1.807) is 6.20 Å². The fraction of sp³-hybridized carbons (Fsp3) is 0.389. The number of hydrogen-bond acceptors (Lipinski definition) is 6. The normalized spacial score (nSPS) is 14.2. The van der Waals surface area contributed by atoms with Crippen molar-refractivity contribution in [2.75, 3.05) is 18.0 Å². The molecular weight excluding hydrogens is 330 g/mol. The third-order valence-corrected chi connectivity index (χ3v) is 4.54. The Hall–Kier alpha value is -3.03. The van der Waals surface area contributed by atoms with E-state index in [1.807, 2.05) is 26.8 Å². The zero-order valence-electron chi connectivity index (χ0n) is 15.2. The Morgan fingerprint density at radius 3 is 2.31 bits per heavy atom. The Bertz CT molecular complexity index is 994. The van der Waals surface area contributed by atoms with Gasteiger partial charge in [0, 0.05) is 42.3 Å². The van der Waals surface area contributed by atoms with E-state index in [1.165, 1.54) is 23.6 Å². The highest BCUT2D eigenvalue weighted by atomic mass is 16.1. The number of aromatic amines is 1. The summed E-state index contributed by atoms with van der Waals surface area (Å²) < 4.78 is 1.35. The van der Waals surface area contributed by atoms with Gasteiger partial charge in [-0.2, -0.15) is 4.68 Å². The van der Waals surface area contributed by atoms with Gasteiger partial charge in [0.1, 0.15) is 0 Å². The van der Waals surface area contributed by atoms with Gasteiger partial charge in [0.25, 0.3) is 11.5 Å². The molecule has 4 rings (SSSR count). The fourth-order valence-electron chi connectivity index (χ4n) is 3.28. The summed E-state index contributed by atoms with van der Waals surface area (Å²) in [4.78, 5) is 32.4. The number of nitrogens with zero attached hydrogens (tertiary/aromatic N) is 6. The highest BCUT2D eigenvalue weighted by molar-refractivity contribution is 5.61. The van der Waals surface area contributed by atoms with Crippen molar-refractivity contribution in [3.63, 3.8) is 0 Å². The van der Waals surface area contributed by atoms with E-state index in [9.17, 15) is 4.79 Å². The molecule has 0 aromatic carbocycles. The molecule has 0 bridgehead atoms. The van der Waals surface area contributed by atoms with E-state index in [-0.39, 0.29) is 5.56 Å². The lowest BCUT2D eigenvalue weighted by atomic mass is 10.2. The van der Waals surface area contributed by atoms with Gasteiger partial charge in [-0.15, -0.1) is 0 Å². The Morgan fingerprint density at radius 2 is 1.65 bits per heavy atom. The van der Waals surface area contributed by atoms with Crippen molar-refractivity contribution in [3.8, 4) is 17.2 Å². The van der Waals surface area contributed by atoms with Gasteiger partial charge in [0.2, 0.25) is 5.95 Å². The maximum absolute atomic E-state index is 12.4. The summed E-state index contributed by atoms with van der Waals surface area (Å²) in [5.41, 5.74) is 3.69. The van der Waals surface area contributed by atoms with Gasteiger partial charge in [0.15, 0.2) is 0 Å². The standard InChI is InChI=1S/C18H21N7O/c1-11-8-12(2)21-18(20-11)25-16(26)9-15(23-25)14-10-19-17(22-13(14)3)24-6-4-5-7-24/h8-10,23H,4-7H2,1-3H3. The molecule has 0 aliphatic carbocycles. The zero-order chi connectivity index (χ0) is 18.3. The molecule has 0 spiro atoms. The second-order valence-electron chi connectivity index (χ2n) is 6.66. The summed E-state index contributed by atoms with van der Waals surface area (Å²) in [6.07, 6.45) is 4.13.